The molecule has 2 N–H and O–H groups in total. The van der Waals surface area contributed by atoms with E-state index in [-0.39, 0.29) is 12.2 Å². The first-order valence-corrected chi connectivity index (χ1v) is 5.17. The molecule has 2 atom stereocenters. The predicted molar refractivity (Wildman–Crippen MR) is 54.4 cm³/mol. The van der Waals surface area contributed by atoms with Crippen LogP contribution in [0.25, 0.3) is 0 Å². The molecule has 80 valence electrons. The highest BCUT2D eigenvalue weighted by Gasteiger charge is 2.26. The highest BCUT2D eigenvalue weighted by molar-refractivity contribution is 4.51. The maximum absolute atomic E-state index is 9.37. The molecule has 0 fully saturated rings. The van der Waals surface area contributed by atoms with Gasteiger partial charge in [-0.3, -0.25) is 0 Å². The van der Waals surface area contributed by atoms with E-state index < -0.39 is 0 Å². The third-order valence-electron chi connectivity index (χ3n) is 2.64. The van der Waals surface area contributed by atoms with E-state index in [1.807, 2.05) is 0 Å². The largest absolute Gasteiger partial charge is 0.388 e. The molecule has 3 heteroatoms. The summed E-state index contributed by atoms with van der Waals surface area (Å²) < 4.78 is 0.801. The Morgan fingerprint density at radius 1 is 0.923 bits per heavy atom. The predicted octanol–water partition coefficient (Wildman–Crippen LogP) is 0.605. The van der Waals surface area contributed by atoms with E-state index in [2.05, 4.69) is 13.8 Å². The topological polar surface area (TPSA) is 40.5 Å². The van der Waals surface area contributed by atoms with Crippen LogP contribution < -0.4 is 0 Å². The van der Waals surface area contributed by atoms with Gasteiger partial charge in [0.15, 0.2) is 0 Å². The van der Waals surface area contributed by atoms with Crippen LogP contribution in [0, 0.1) is 0 Å². The van der Waals surface area contributed by atoms with Gasteiger partial charge in [0.25, 0.3) is 0 Å². The Kier molecular flexibility index (Phi) is 5.53. The summed E-state index contributed by atoms with van der Waals surface area (Å²) in [4.78, 5) is 0. The Labute approximate surface area is 81.6 Å². The Hall–Kier alpha value is -0.120. The van der Waals surface area contributed by atoms with E-state index in [1.165, 1.54) is 0 Å². The second-order valence-corrected chi connectivity index (χ2v) is 4.04. The number of aliphatic hydroxyl groups is 2. The first kappa shape index (κ1) is 12.9. The summed E-state index contributed by atoms with van der Waals surface area (Å²) in [6.45, 7) is 11.2. The molecule has 0 aliphatic rings. The summed E-state index contributed by atoms with van der Waals surface area (Å²) in [6, 6.07) is 0. The molecule has 0 amide bonds. The van der Waals surface area contributed by atoms with Crippen molar-refractivity contribution in [2.45, 2.75) is 39.9 Å². The minimum atomic E-state index is -0.293. The van der Waals surface area contributed by atoms with Crippen LogP contribution in [0.2, 0.25) is 0 Å². The fourth-order valence-electron chi connectivity index (χ4n) is 1.94. The maximum atomic E-state index is 9.37. The molecule has 0 aliphatic carbocycles. The summed E-state index contributed by atoms with van der Waals surface area (Å²) >= 11 is 0. The van der Waals surface area contributed by atoms with Crippen molar-refractivity contribution in [3.8, 4) is 0 Å². The molecule has 0 aromatic rings. The molecule has 0 rings (SSSR count). The van der Waals surface area contributed by atoms with Gasteiger partial charge in [0.1, 0.15) is 25.3 Å². The number of nitrogens with zero attached hydrogens (tertiary/aromatic N) is 1. The van der Waals surface area contributed by atoms with E-state index in [1.54, 1.807) is 13.8 Å². The van der Waals surface area contributed by atoms with Crippen molar-refractivity contribution in [3.63, 3.8) is 0 Å². The van der Waals surface area contributed by atoms with Gasteiger partial charge in [0.05, 0.1) is 13.1 Å². The first-order valence-electron chi connectivity index (χ1n) is 5.17. The molecule has 0 aromatic carbocycles. The van der Waals surface area contributed by atoms with Crippen LogP contribution in [0.15, 0.2) is 0 Å². The second kappa shape index (κ2) is 5.58. The monoisotopic (exact) mass is 190 g/mol. The molecule has 2 unspecified atom stereocenters. The van der Waals surface area contributed by atoms with Crippen molar-refractivity contribution < 1.29 is 14.7 Å². The van der Waals surface area contributed by atoms with E-state index in [9.17, 15) is 10.2 Å². The van der Waals surface area contributed by atoms with Gasteiger partial charge in [-0.1, -0.05) is 0 Å². The van der Waals surface area contributed by atoms with Crippen molar-refractivity contribution in [1.29, 1.82) is 0 Å². The molecule has 0 radical (unpaired) electrons. The number of hydrogen-bond donors (Lipinski definition) is 2. The summed E-state index contributed by atoms with van der Waals surface area (Å²) in [6.07, 6.45) is -0.586. The Morgan fingerprint density at radius 3 is 1.38 bits per heavy atom. The maximum Gasteiger partial charge on any atom is 0.105 e. The summed E-state index contributed by atoms with van der Waals surface area (Å²) in [5, 5.41) is 18.7. The Balaban J connectivity index is 4.30. The number of hydrogen-bond acceptors (Lipinski definition) is 2. The van der Waals surface area contributed by atoms with Gasteiger partial charge in [-0.05, 0) is 27.7 Å². The molecule has 0 aromatic heterocycles. The van der Waals surface area contributed by atoms with E-state index in [4.69, 9.17) is 0 Å². The first-order chi connectivity index (χ1) is 5.95. The normalized spacial score (nSPS) is 17.1. The van der Waals surface area contributed by atoms with Gasteiger partial charge >= 0.3 is 0 Å². The molecular weight excluding hydrogens is 166 g/mol. The minimum absolute atomic E-state index is 0.293. The molecule has 0 spiro atoms. The Bertz CT molecular complexity index is 119. The van der Waals surface area contributed by atoms with Crippen LogP contribution in [0.1, 0.15) is 27.7 Å². The molecule has 0 aliphatic heterocycles. The summed E-state index contributed by atoms with van der Waals surface area (Å²) in [5.41, 5.74) is 0. The Morgan fingerprint density at radius 2 is 1.23 bits per heavy atom. The average molecular weight is 190 g/mol. The van der Waals surface area contributed by atoms with Gasteiger partial charge in [-0.2, -0.15) is 0 Å². The number of quaternary nitrogens is 1. The zero-order valence-corrected chi connectivity index (χ0v) is 9.32. The van der Waals surface area contributed by atoms with E-state index in [0.29, 0.717) is 0 Å². The lowest BCUT2D eigenvalue weighted by atomic mass is 10.2. The van der Waals surface area contributed by atoms with Gasteiger partial charge in [-0.15, -0.1) is 0 Å². The lowest BCUT2D eigenvalue weighted by Gasteiger charge is -2.38. The van der Waals surface area contributed by atoms with Gasteiger partial charge in [0, 0.05) is 0 Å². The van der Waals surface area contributed by atoms with Crippen molar-refractivity contribution in [2.24, 2.45) is 0 Å². The van der Waals surface area contributed by atoms with Crippen LogP contribution in [-0.4, -0.2) is 53.1 Å². The number of aliphatic hydroxyl groups excluding tert-OH is 2. The standard InChI is InChI=1S/C10H24NO2/c1-5-11(6-2,7-9(3)12)8-10(4)13/h9-10,12-13H,5-8H2,1-4H3/q+1. The third kappa shape index (κ3) is 4.60. The van der Waals surface area contributed by atoms with Crippen LogP contribution in [0.5, 0.6) is 0 Å². The molecule has 0 heterocycles. The second-order valence-electron chi connectivity index (χ2n) is 4.04. The summed E-state index contributed by atoms with van der Waals surface area (Å²) in [5.74, 6) is 0. The number of likely N-dealkylation sites (N-methyl/N-ethyl adjacent to an activating group) is 1. The van der Waals surface area contributed by atoms with Crippen molar-refractivity contribution >= 4 is 0 Å². The quantitative estimate of drug-likeness (QED) is 0.602. The molecule has 3 nitrogen and oxygen atoms in total. The lowest BCUT2D eigenvalue weighted by molar-refractivity contribution is -0.930. The lowest BCUT2D eigenvalue weighted by Crippen LogP contribution is -2.54. The van der Waals surface area contributed by atoms with Crippen molar-refractivity contribution in [1.82, 2.24) is 0 Å². The van der Waals surface area contributed by atoms with E-state index in [0.717, 1.165) is 30.7 Å². The third-order valence-corrected chi connectivity index (χ3v) is 2.64. The van der Waals surface area contributed by atoms with Crippen LogP contribution >= 0.6 is 0 Å². The SMILES string of the molecule is CC[N+](CC)(CC(C)O)CC(C)O. The molecule has 0 saturated carbocycles. The van der Waals surface area contributed by atoms with Crippen LogP contribution in [0.4, 0.5) is 0 Å². The highest BCUT2D eigenvalue weighted by Crippen LogP contribution is 2.09. The van der Waals surface area contributed by atoms with Crippen LogP contribution in [0.3, 0.4) is 0 Å². The fraction of sp³-hybridized carbons (Fsp3) is 1.00. The number of rotatable bonds is 6. The van der Waals surface area contributed by atoms with Crippen molar-refractivity contribution in [3.05, 3.63) is 0 Å². The van der Waals surface area contributed by atoms with Crippen LogP contribution in [-0.2, 0) is 0 Å². The van der Waals surface area contributed by atoms with Gasteiger partial charge in [-0.25, -0.2) is 0 Å². The average Bonchev–Trinajstić information content (AvgIpc) is 2.01. The smallest absolute Gasteiger partial charge is 0.105 e. The highest BCUT2D eigenvalue weighted by atomic mass is 16.3. The zero-order valence-electron chi connectivity index (χ0n) is 9.32. The zero-order chi connectivity index (χ0) is 10.5. The van der Waals surface area contributed by atoms with E-state index >= 15 is 0 Å². The van der Waals surface area contributed by atoms with Crippen molar-refractivity contribution in [2.75, 3.05) is 26.2 Å². The molecular formula is C10H24NO2+. The fourth-order valence-corrected chi connectivity index (χ4v) is 1.94. The minimum Gasteiger partial charge on any atom is -0.388 e. The van der Waals surface area contributed by atoms with Gasteiger partial charge in [0.2, 0.25) is 0 Å². The molecule has 13 heavy (non-hydrogen) atoms. The molecule has 0 bridgehead atoms. The van der Waals surface area contributed by atoms with Gasteiger partial charge < -0.3 is 14.7 Å². The molecule has 0 saturated heterocycles. The summed E-state index contributed by atoms with van der Waals surface area (Å²) in [7, 11) is 0.